The molecule has 212 valence electrons. The minimum Gasteiger partial charge on any atom is -0.382 e. The van der Waals surface area contributed by atoms with E-state index in [1.165, 1.54) is 32.1 Å². The van der Waals surface area contributed by atoms with Gasteiger partial charge in [0.1, 0.15) is 16.9 Å². The summed E-state index contributed by atoms with van der Waals surface area (Å²) in [7, 11) is 4.35. The monoisotopic (exact) mass is 535 g/mol. The summed E-state index contributed by atoms with van der Waals surface area (Å²) in [6.07, 6.45) is 12.7. The highest BCUT2D eigenvalue weighted by molar-refractivity contribution is 6.13. The number of fused-ring (bicyclic) bond motifs is 1. The molecule has 10 heteroatoms. The van der Waals surface area contributed by atoms with Gasteiger partial charge in [-0.1, -0.05) is 6.92 Å². The molecule has 0 unspecified atom stereocenters. The lowest BCUT2D eigenvalue weighted by atomic mass is 9.97. The summed E-state index contributed by atoms with van der Waals surface area (Å²) in [6.45, 7) is 8.27. The van der Waals surface area contributed by atoms with E-state index in [1.54, 1.807) is 6.20 Å². The molecule has 0 spiro atoms. The van der Waals surface area contributed by atoms with Crippen LogP contribution in [0.2, 0.25) is 0 Å². The van der Waals surface area contributed by atoms with Gasteiger partial charge in [0, 0.05) is 81.2 Å². The largest absolute Gasteiger partial charge is 0.382 e. The molecule has 5 rings (SSSR count). The number of likely N-dealkylation sites (tertiary alicyclic amines) is 2. The van der Waals surface area contributed by atoms with E-state index in [-0.39, 0.29) is 0 Å². The molecule has 2 aromatic rings. The summed E-state index contributed by atoms with van der Waals surface area (Å²) in [5.74, 6) is 1.16. The van der Waals surface area contributed by atoms with Gasteiger partial charge in [-0.2, -0.15) is 0 Å². The third-order valence-electron chi connectivity index (χ3n) is 8.78. The predicted octanol–water partition coefficient (Wildman–Crippen LogP) is 3.24. The average molecular weight is 536 g/mol. The first kappa shape index (κ1) is 27.7. The number of anilines is 2. The van der Waals surface area contributed by atoms with Crippen molar-refractivity contribution in [3.63, 3.8) is 0 Å². The van der Waals surface area contributed by atoms with E-state index in [4.69, 9.17) is 25.8 Å². The Hall–Kier alpha value is -2.82. The summed E-state index contributed by atoms with van der Waals surface area (Å²) in [6, 6.07) is 1.48. The number of nitrogens with two attached hydrogens (primary N) is 1. The van der Waals surface area contributed by atoms with Crippen molar-refractivity contribution in [2.45, 2.75) is 70.0 Å². The van der Waals surface area contributed by atoms with Crippen LogP contribution in [0.1, 0.15) is 56.7 Å². The molecule has 0 atom stereocenters. The van der Waals surface area contributed by atoms with Crippen molar-refractivity contribution < 1.29 is 4.74 Å². The molecule has 0 radical (unpaired) electrons. The smallest absolute Gasteiger partial charge is 0.151 e. The molecular weight excluding hydrogens is 490 g/mol. The molecule has 3 aliphatic heterocycles. The summed E-state index contributed by atoms with van der Waals surface area (Å²) < 4.78 is 5.53. The second-order valence-corrected chi connectivity index (χ2v) is 11.4. The standard InChI is InChI=1S/C29H45N9O/c1-4-25-29(33-21-9-15-39-16-10-21)35-26-24(18-32-28(31)27(26)34-25)20(17-30)19-37(3)22-7-13-38(14-8-22)23-5-11-36(2)12-6-23/h17-19,21-23,30H,4-16H2,1-3H3,(H2,31,32)(H,33,35)/b20-19+,30-17?. The summed E-state index contributed by atoms with van der Waals surface area (Å²) in [5, 5.41) is 11.9. The molecule has 4 N–H and O–H groups in total. The van der Waals surface area contributed by atoms with Crippen molar-refractivity contribution in [1.29, 1.82) is 5.41 Å². The maximum atomic E-state index is 8.28. The van der Waals surface area contributed by atoms with Crippen LogP contribution in [-0.2, 0) is 11.2 Å². The lowest BCUT2D eigenvalue weighted by Crippen LogP contribution is -2.49. The molecular formula is C29H45N9O. The SMILES string of the molecule is CCc1nc2c(N)ncc(/C(C=N)=C/N(C)C3CCN(C4CCN(C)CC4)CC3)c2nc1NC1CCOCC1. The first-order valence-corrected chi connectivity index (χ1v) is 14.6. The van der Waals surface area contributed by atoms with Crippen LogP contribution in [0.25, 0.3) is 16.6 Å². The molecule has 0 saturated carbocycles. The van der Waals surface area contributed by atoms with E-state index < -0.39 is 0 Å². The van der Waals surface area contributed by atoms with Crippen molar-refractivity contribution in [2.24, 2.45) is 0 Å². The average Bonchev–Trinajstić information content (AvgIpc) is 2.97. The number of allylic oxidation sites excluding steroid dienone is 1. The quantitative estimate of drug-likeness (QED) is 0.438. The first-order chi connectivity index (χ1) is 19.0. The van der Waals surface area contributed by atoms with E-state index >= 15 is 0 Å². The summed E-state index contributed by atoms with van der Waals surface area (Å²) >= 11 is 0. The normalized spacial score (nSPS) is 21.4. The fourth-order valence-electron chi connectivity index (χ4n) is 6.23. The zero-order valence-electron chi connectivity index (χ0n) is 23.8. The van der Waals surface area contributed by atoms with E-state index in [2.05, 4.69) is 52.2 Å². The molecule has 0 amide bonds. The van der Waals surface area contributed by atoms with Crippen LogP contribution >= 0.6 is 0 Å². The van der Waals surface area contributed by atoms with E-state index in [0.29, 0.717) is 28.9 Å². The maximum Gasteiger partial charge on any atom is 0.151 e. The predicted molar refractivity (Wildman–Crippen MR) is 158 cm³/mol. The van der Waals surface area contributed by atoms with Crippen LogP contribution in [0.15, 0.2) is 12.4 Å². The van der Waals surface area contributed by atoms with Gasteiger partial charge in [0.15, 0.2) is 5.82 Å². The Morgan fingerprint density at radius 1 is 1.10 bits per heavy atom. The Morgan fingerprint density at radius 2 is 1.82 bits per heavy atom. The highest BCUT2D eigenvalue weighted by atomic mass is 16.5. The van der Waals surface area contributed by atoms with Crippen LogP contribution in [0, 0.1) is 5.41 Å². The van der Waals surface area contributed by atoms with Gasteiger partial charge >= 0.3 is 0 Å². The number of hydrogen-bond acceptors (Lipinski definition) is 10. The molecule has 3 saturated heterocycles. The molecule has 0 aliphatic carbocycles. The molecule has 0 aromatic carbocycles. The number of hydrogen-bond donors (Lipinski definition) is 3. The molecule has 10 nitrogen and oxygen atoms in total. The van der Waals surface area contributed by atoms with E-state index in [1.807, 2.05) is 0 Å². The lowest BCUT2D eigenvalue weighted by molar-refractivity contribution is 0.0777. The van der Waals surface area contributed by atoms with Gasteiger partial charge in [-0.25, -0.2) is 15.0 Å². The van der Waals surface area contributed by atoms with Crippen LogP contribution in [0.5, 0.6) is 0 Å². The van der Waals surface area contributed by atoms with Crippen LogP contribution in [-0.4, -0.2) is 107 Å². The van der Waals surface area contributed by atoms with Crippen molar-refractivity contribution in [2.75, 3.05) is 64.5 Å². The number of aromatic nitrogens is 3. The Balaban J connectivity index is 1.36. The molecule has 5 heterocycles. The zero-order chi connectivity index (χ0) is 27.4. The fraction of sp³-hybridized carbons (Fsp3) is 0.655. The summed E-state index contributed by atoms with van der Waals surface area (Å²) in [5.41, 5.74) is 10.0. The van der Waals surface area contributed by atoms with Gasteiger partial charge < -0.3 is 35.9 Å². The van der Waals surface area contributed by atoms with Crippen LogP contribution in [0.3, 0.4) is 0 Å². The van der Waals surface area contributed by atoms with Gasteiger partial charge in [-0.15, -0.1) is 0 Å². The minimum atomic E-state index is 0.308. The number of pyridine rings is 1. The van der Waals surface area contributed by atoms with Crippen molar-refractivity contribution >= 4 is 34.5 Å². The van der Waals surface area contributed by atoms with E-state index in [0.717, 1.165) is 87.1 Å². The third kappa shape index (κ3) is 6.34. The van der Waals surface area contributed by atoms with E-state index in [9.17, 15) is 0 Å². The minimum absolute atomic E-state index is 0.308. The summed E-state index contributed by atoms with van der Waals surface area (Å²) in [4.78, 5) is 21.8. The Kier molecular flexibility index (Phi) is 8.94. The number of ether oxygens (including phenoxy) is 1. The maximum absolute atomic E-state index is 8.28. The van der Waals surface area contributed by atoms with Gasteiger partial charge in [0.25, 0.3) is 0 Å². The van der Waals surface area contributed by atoms with Crippen molar-refractivity contribution in [3.05, 3.63) is 23.7 Å². The second kappa shape index (κ2) is 12.6. The number of piperidine rings is 2. The number of nitrogens with one attached hydrogen (secondary N) is 2. The number of aryl methyl sites for hydroxylation is 1. The Labute approximate surface area is 232 Å². The molecule has 3 aliphatic rings. The fourth-order valence-corrected chi connectivity index (χ4v) is 6.23. The second-order valence-electron chi connectivity index (χ2n) is 11.4. The van der Waals surface area contributed by atoms with Gasteiger partial charge in [0.05, 0.1) is 5.69 Å². The Bertz CT molecular complexity index is 1160. The molecule has 0 bridgehead atoms. The lowest BCUT2D eigenvalue weighted by Gasteiger charge is -2.42. The zero-order valence-corrected chi connectivity index (χ0v) is 23.8. The van der Waals surface area contributed by atoms with Crippen molar-refractivity contribution in [3.8, 4) is 0 Å². The molecule has 39 heavy (non-hydrogen) atoms. The molecule has 3 fully saturated rings. The number of nitrogen functional groups attached to an aromatic ring is 1. The third-order valence-corrected chi connectivity index (χ3v) is 8.78. The highest BCUT2D eigenvalue weighted by Crippen LogP contribution is 2.29. The topological polar surface area (TPSA) is 120 Å². The van der Waals surface area contributed by atoms with Crippen molar-refractivity contribution in [1.82, 2.24) is 29.7 Å². The number of rotatable bonds is 8. The van der Waals surface area contributed by atoms with Crippen LogP contribution < -0.4 is 11.1 Å². The highest BCUT2D eigenvalue weighted by Gasteiger charge is 2.28. The number of nitrogens with zero attached hydrogens (tertiary/aromatic N) is 6. The van der Waals surface area contributed by atoms with Gasteiger partial charge in [-0.3, -0.25) is 0 Å². The Morgan fingerprint density at radius 3 is 2.49 bits per heavy atom. The van der Waals surface area contributed by atoms with Gasteiger partial charge in [-0.05, 0) is 65.1 Å². The van der Waals surface area contributed by atoms with Crippen LogP contribution in [0.4, 0.5) is 11.6 Å². The molecule has 2 aromatic heterocycles. The van der Waals surface area contributed by atoms with Gasteiger partial charge in [0.2, 0.25) is 0 Å². The first-order valence-electron chi connectivity index (χ1n) is 14.6.